The van der Waals surface area contributed by atoms with Crippen LogP contribution in [0, 0.1) is 0 Å². The lowest BCUT2D eigenvalue weighted by Gasteiger charge is -2.34. The first-order chi connectivity index (χ1) is 13.0. The van der Waals surface area contributed by atoms with Crippen LogP contribution in [0.5, 0.6) is 0 Å². The Bertz CT molecular complexity index is 982. The van der Waals surface area contributed by atoms with Gasteiger partial charge in [0.2, 0.25) is 5.91 Å². The molecule has 0 aliphatic carbocycles. The summed E-state index contributed by atoms with van der Waals surface area (Å²) in [4.78, 5) is 28.1. The van der Waals surface area contributed by atoms with Crippen LogP contribution in [0.4, 0.5) is 14.6 Å². The molecule has 0 saturated carbocycles. The van der Waals surface area contributed by atoms with E-state index in [0.29, 0.717) is 49.0 Å². The first-order valence-corrected chi connectivity index (χ1v) is 8.48. The van der Waals surface area contributed by atoms with Crippen molar-refractivity contribution in [2.45, 2.75) is 13.3 Å². The van der Waals surface area contributed by atoms with Crippen molar-refractivity contribution in [2.75, 3.05) is 31.1 Å². The van der Waals surface area contributed by atoms with Crippen molar-refractivity contribution in [2.24, 2.45) is 0 Å². The number of hydrogen-bond donors (Lipinski definition) is 0. The zero-order valence-electron chi connectivity index (χ0n) is 14.6. The average Bonchev–Trinajstić information content (AvgIpc) is 3.11. The molecule has 10 heteroatoms. The average molecular weight is 373 g/mol. The second kappa shape index (κ2) is 6.86. The van der Waals surface area contributed by atoms with Crippen molar-refractivity contribution in [1.29, 1.82) is 0 Å². The number of rotatable bonds is 3. The SMILES string of the molecule is CC(=O)N1CCN(c2cc(-c3cnc4ccc(C(F)F)nn34)ncn2)CC1. The fourth-order valence-electron chi connectivity index (χ4n) is 3.09. The standard InChI is InChI=1S/C17H17F2N7O/c1-11(27)24-4-6-25(7-5-24)16-8-13(21-10-22-16)14-9-20-15-3-2-12(17(18)19)23-26(14)15/h2-3,8-10,17H,4-7H2,1H3. The molecule has 0 bridgehead atoms. The van der Waals surface area contributed by atoms with Crippen LogP contribution in [0.3, 0.4) is 0 Å². The quantitative estimate of drug-likeness (QED) is 0.697. The third kappa shape index (κ3) is 3.29. The van der Waals surface area contributed by atoms with Gasteiger partial charge in [0.25, 0.3) is 6.43 Å². The number of aromatic nitrogens is 5. The predicted octanol–water partition coefficient (Wildman–Crippen LogP) is 1.79. The molecular weight excluding hydrogens is 356 g/mol. The Morgan fingerprint density at radius 3 is 2.59 bits per heavy atom. The second-order valence-corrected chi connectivity index (χ2v) is 6.23. The van der Waals surface area contributed by atoms with E-state index in [9.17, 15) is 13.6 Å². The monoisotopic (exact) mass is 373 g/mol. The number of imidazole rings is 1. The molecule has 1 fully saturated rings. The van der Waals surface area contributed by atoms with Gasteiger partial charge in [0.05, 0.1) is 11.9 Å². The van der Waals surface area contributed by atoms with Crippen LogP contribution in [0.15, 0.2) is 30.7 Å². The summed E-state index contributed by atoms with van der Waals surface area (Å²) in [7, 11) is 0. The number of hydrogen-bond acceptors (Lipinski definition) is 6. The molecule has 4 rings (SSSR count). The Hall–Kier alpha value is -3.17. The lowest BCUT2D eigenvalue weighted by atomic mass is 10.2. The number of carbonyl (C=O) groups excluding carboxylic acids is 1. The van der Waals surface area contributed by atoms with Crippen molar-refractivity contribution >= 4 is 17.4 Å². The van der Waals surface area contributed by atoms with Gasteiger partial charge in [0.15, 0.2) is 5.65 Å². The van der Waals surface area contributed by atoms with Gasteiger partial charge >= 0.3 is 0 Å². The van der Waals surface area contributed by atoms with Crippen molar-refractivity contribution in [3.05, 3.63) is 36.4 Å². The van der Waals surface area contributed by atoms with Crippen LogP contribution in [0.2, 0.25) is 0 Å². The second-order valence-electron chi connectivity index (χ2n) is 6.23. The van der Waals surface area contributed by atoms with E-state index in [4.69, 9.17) is 0 Å². The van der Waals surface area contributed by atoms with E-state index in [-0.39, 0.29) is 11.6 Å². The predicted molar refractivity (Wildman–Crippen MR) is 93.4 cm³/mol. The van der Waals surface area contributed by atoms with E-state index in [0.717, 1.165) is 0 Å². The van der Waals surface area contributed by atoms with Gasteiger partial charge in [-0.15, -0.1) is 0 Å². The molecule has 1 aliphatic rings. The van der Waals surface area contributed by atoms with E-state index < -0.39 is 6.43 Å². The summed E-state index contributed by atoms with van der Waals surface area (Å²) < 4.78 is 27.3. The summed E-state index contributed by atoms with van der Waals surface area (Å²) in [6.45, 7) is 4.14. The molecular formula is C17H17F2N7O. The number of halogens is 2. The zero-order valence-corrected chi connectivity index (χ0v) is 14.6. The Balaban J connectivity index is 1.64. The summed E-state index contributed by atoms with van der Waals surface area (Å²) in [5.74, 6) is 0.771. The smallest absolute Gasteiger partial charge is 0.282 e. The molecule has 3 aromatic rings. The summed E-state index contributed by atoms with van der Waals surface area (Å²) in [6.07, 6.45) is 0.318. The van der Waals surface area contributed by atoms with Crippen molar-refractivity contribution in [1.82, 2.24) is 29.5 Å². The van der Waals surface area contributed by atoms with Crippen LogP contribution in [0.1, 0.15) is 19.0 Å². The largest absolute Gasteiger partial charge is 0.353 e. The van der Waals surface area contributed by atoms with Gasteiger partial charge in [-0.3, -0.25) is 4.79 Å². The molecule has 3 aromatic heterocycles. The van der Waals surface area contributed by atoms with E-state index in [1.165, 1.54) is 23.0 Å². The summed E-state index contributed by atoms with van der Waals surface area (Å²) in [6, 6.07) is 4.54. The molecule has 140 valence electrons. The van der Waals surface area contributed by atoms with Crippen LogP contribution < -0.4 is 4.90 Å². The van der Waals surface area contributed by atoms with Gasteiger partial charge in [0.1, 0.15) is 23.5 Å². The highest BCUT2D eigenvalue weighted by Crippen LogP contribution is 2.24. The minimum atomic E-state index is -2.66. The Morgan fingerprint density at radius 2 is 1.89 bits per heavy atom. The van der Waals surface area contributed by atoms with Gasteiger partial charge < -0.3 is 9.80 Å². The fourth-order valence-corrected chi connectivity index (χ4v) is 3.09. The number of fused-ring (bicyclic) bond motifs is 1. The third-order valence-corrected chi connectivity index (χ3v) is 4.57. The molecule has 0 N–H and O–H groups in total. The first kappa shape index (κ1) is 17.3. The van der Waals surface area contributed by atoms with Crippen LogP contribution >= 0.6 is 0 Å². The highest BCUT2D eigenvalue weighted by atomic mass is 19.3. The minimum absolute atomic E-state index is 0.0599. The molecule has 1 amide bonds. The fraction of sp³-hybridized carbons (Fsp3) is 0.353. The Morgan fingerprint density at radius 1 is 1.11 bits per heavy atom. The van der Waals surface area contributed by atoms with E-state index in [2.05, 4.69) is 25.0 Å². The van der Waals surface area contributed by atoms with Crippen molar-refractivity contribution in [3.8, 4) is 11.4 Å². The van der Waals surface area contributed by atoms with Gasteiger partial charge in [-0.1, -0.05) is 0 Å². The van der Waals surface area contributed by atoms with Crippen LogP contribution in [-0.2, 0) is 4.79 Å². The van der Waals surface area contributed by atoms with Crippen molar-refractivity contribution < 1.29 is 13.6 Å². The molecule has 8 nitrogen and oxygen atoms in total. The Labute approximate surface area is 153 Å². The number of piperazine rings is 1. The molecule has 27 heavy (non-hydrogen) atoms. The van der Waals surface area contributed by atoms with Crippen molar-refractivity contribution in [3.63, 3.8) is 0 Å². The molecule has 1 aliphatic heterocycles. The molecule has 1 saturated heterocycles. The molecule has 0 radical (unpaired) electrons. The van der Waals surface area contributed by atoms with E-state index >= 15 is 0 Å². The molecule has 0 aromatic carbocycles. The number of amides is 1. The highest BCUT2D eigenvalue weighted by molar-refractivity contribution is 5.73. The molecule has 0 spiro atoms. The summed E-state index contributed by atoms with van der Waals surface area (Å²) in [5, 5.41) is 3.97. The first-order valence-electron chi connectivity index (χ1n) is 8.48. The maximum Gasteiger partial charge on any atom is 0.282 e. The van der Waals surface area contributed by atoms with E-state index in [1.54, 1.807) is 24.1 Å². The van der Waals surface area contributed by atoms with Crippen LogP contribution in [0.25, 0.3) is 17.0 Å². The maximum atomic E-state index is 13.0. The van der Waals surface area contributed by atoms with Gasteiger partial charge in [-0.2, -0.15) is 5.10 Å². The Kier molecular flexibility index (Phi) is 4.38. The van der Waals surface area contributed by atoms with Gasteiger partial charge in [-0.25, -0.2) is 28.2 Å². The lowest BCUT2D eigenvalue weighted by Crippen LogP contribution is -2.48. The highest BCUT2D eigenvalue weighted by Gasteiger charge is 2.21. The zero-order chi connectivity index (χ0) is 19.0. The normalized spacial score (nSPS) is 15.0. The van der Waals surface area contributed by atoms with E-state index in [1.807, 2.05) is 0 Å². The number of nitrogens with zero attached hydrogens (tertiary/aromatic N) is 7. The summed E-state index contributed by atoms with van der Waals surface area (Å²) >= 11 is 0. The molecule has 0 unspecified atom stereocenters. The minimum Gasteiger partial charge on any atom is -0.353 e. The molecule has 4 heterocycles. The van der Waals surface area contributed by atoms with Gasteiger partial charge in [0, 0.05) is 39.2 Å². The number of alkyl halides is 2. The topological polar surface area (TPSA) is 79.5 Å². The summed E-state index contributed by atoms with van der Waals surface area (Å²) in [5.41, 5.74) is 1.19. The van der Waals surface area contributed by atoms with Gasteiger partial charge in [-0.05, 0) is 12.1 Å². The number of anilines is 1. The lowest BCUT2D eigenvalue weighted by molar-refractivity contribution is -0.129. The third-order valence-electron chi connectivity index (χ3n) is 4.57. The maximum absolute atomic E-state index is 13.0. The van der Waals surface area contributed by atoms with Crippen LogP contribution in [-0.4, -0.2) is 61.6 Å². The number of carbonyl (C=O) groups is 1. The molecule has 0 atom stereocenters.